The molecule has 0 N–H and O–H groups in total. The van der Waals surface area contributed by atoms with Crippen molar-refractivity contribution >= 4 is 67.5 Å². The standard InChI is InChI=1S/C14H18BrClN2O2S2/c1-5-20-13(21)22-8-11(19)18(14(2,3)4)9-6-7-10(15)17-12(9)16/h6-7H,5,8H2,1-4H3. The van der Waals surface area contributed by atoms with Crippen molar-refractivity contribution < 1.29 is 9.53 Å². The van der Waals surface area contributed by atoms with Crippen molar-refractivity contribution in [2.24, 2.45) is 0 Å². The molecular weight excluding hydrogens is 408 g/mol. The van der Waals surface area contributed by atoms with E-state index in [4.69, 9.17) is 28.6 Å². The van der Waals surface area contributed by atoms with Gasteiger partial charge in [-0.3, -0.25) is 4.79 Å². The van der Waals surface area contributed by atoms with Crippen molar-refractivity contribution in [3.8, 4) is 0 Å². The predicted molar refractivity (Wildman–Crippen MR) is 101 cm³/mol. The van der Waals surface area contributed by atoms with Gasteiger partial charge in [-0.25, -0.2) is 4.98 Å². The lowest BCUT2D eigenvalue weighted by molar-refractivity contribution is -0.117. The Kier molecular flexibility index (Phi) is 7.58. The van der Waals surface area contributed by atoms with Gasteiger partial charge in [-0.1, -0.05) is 23.4 Å². The van der Waals surface area contributed by atoms with E-state index < -0.39 is 5.54 Å². The highest BCUT2D eigenvalue weighted by Crippen LogP contribution is 2.31. The number of anilines is 1. The van der Waals surface area contributed by atoms with Crippen LogP contribution in [-0.2, 0) is 9.53 Å². The van der Waals surface area contributed by atoms with Crippen molar-refractivity contribution in [2.75, 3.05) is 17.3 Å². The first-order chi connectivity index (χ1) is 10.2. The molecule has 0 bridgehead atoms. The zero-order chi connectivity index (χ0) is 16.9. The Morgan fingerprint density at radius 2 is 2.14 bits per heavy atom. The molecule has 0 saturated heterocycles. The van der Waals surface area contributed by atoms with Crippen LogP contribution in [0.15, 0.2) is 16.7 Å². The second-order valence-electron chi connectivity index (χ2n) is 5.32. The number of nitrogens with zero attached hydrogens (tertiary/aromatic N) is 2. The number of carbonyl (C=O) groups excluding carboxylic acids is 1. The van der Waals surface area contributed by atoms with Gasteiger partial charge in [0.1, 0.15) is 4.60 Å². The molecule has 1 aromatic heterocycles. The molecule has 0 aliphatic rings. The summed E-state index contributed by atoms with van der Waals surface area (Å²) in [6, 6.07) is 3.53. The summed E-state index contributed by atoms with van der Waals surface area (Å²) in [7, 11) is 0. The zero-order valence-corrected chi connectivity index (χ0v) is 16.8. The van der Waals surface area contributed by atoms with Crippen LogP contribution >= 0.6 is 51.5 Å². The molecule has 22 heavy (non-hydrogen) atoms. The first kappa shape index (κ1) is 19.7. The van der Waals surface area contributed by atoms with Gasteiger partial charge in [0.2, 0.25) is 10.3 Å². The van der Waals surface area contributed by atoms with Crippen LogP contribution < -0.4 is 4.90 Å². The van der Waals surface area contributed by atoms with Gasteiger partial charge in [-0.05, 0) is 68.0 Å². The number of pyridine rings is 1. The molecule has 122 valence electrons. The molecule has 0 saturated carbocycles. The minimum Gasteiger partial charge on any atom is -0.479 e. The molecule has 0 atom stereocenters. The van der Waals surface area contributed by atoms with Crippen LogP contribution in [0.25, 0.3) is 0 Å². The van der Waals surface area contributed by atoms with Crippen LogP contribution in [0.2, 0.25) is 5.15 Å². The molecule has 0 aliphatic carbocycles. The lowest BCUT2D eigenvalue weighted by Gasteiger charge is -2.36. The smallest absolute Gasteiger partial charge is 0.238 e. The topological polar surface area (TPSA) is 42.4 Å². The molecule has 1 rings (SSSR count). The Labute approximate surface area is 154 Å². The first-order valence-electron chi connectivity index (χ1n) is 6.61. The Morgan fingerprint density at radius 1 is 1.50 bits per heavy atom. The van der Waals surface area contributed by atoms with Crippen LogP contribution in [0.4, 0.5) is 5.69 Å². The van der Waals surface area contributed by atoms with E-state index in [-0.39, 0.29) is 16.8 Å². The number of ether oxygens (including phenoxy) is 1. The van der Waals surface area contributed by atoms with Gasteiger partial charge in [0.15, 0.2) is 5.15 Å². The van der Waals surface area contributed by atoms with Crippen LogP contribution in [0, 0.1) is 0 Å². The second kappa shape index (κ2) is 8.47. The van der Waals surface area contributed by atoms with E-state index in [1.165, 1.54) is 11.8 Å². The van der Waals surface area contributed by atoms with Crippen molar-refractivity contribution in [2.45, 2.75) is 33.2 Å². The molecule has 0 fully saturated rings. The SMILES string of the molecule is CCOC(=S)SCC(=O)N(c1ccc(Br)nc1Cl)C(C)(C)C. The first-order valence-corrected chi connectivity index (χ1v) is 9.18. The largest absolute Gasteiger partial charge is 0.479 e. The van der Waals surface area contributed by atoms with Crippen LogP contribution in [0.1, 0.15) is 27.7 Å². The highest BCUT2D eigenvalue weighted by Gasteiger charge is 2.30. The van der Waals surface area contributed by atoms with E-state index in [0.29, 0.717) is 21.3 Å². The average molecular weight is 426 g/mol. The molecule has 1 amide bonds. The number of thiocarbonyl (C=S) groups is 1. The number of carbonyl (C=O) groups is 1. The lowest BCUT2D eigenvalue weighted by atomic mass is 10.1. The zero-order valence-electron chi connectivity index (χ0n) is 12.9. The summed E-state index contributed by atoms with van der Waals surface area (Å²) < 4.78 is 6.17. The summed E-state index contributed by atoms with van der Waals surface area (Å²) in [4.78, 5) is 18.4. The Bertz CT molecular complexity index is 564. The van der Waals surface area contributed by atoms with Crippen molar-refractivity contribution in [3.05, 3.63) is 21.9 Å². The number of aromatic nitrogens is 1. The number of hydrogen-bond acceptors (Lipinski definition) is 5. The third-order valence-corrected chi connectivity index (χ3v) is 4.47. The van der Waals surface area contributed by atoms with E-state index in [1.807, 2.05) is 27.7 Å². The third kappa shape index (κ3) is 5.68. The maximum atomic E-state index is 12.6. The van der Waals surface area contributed by atoms with Gasteiger partial charge in [-0.15, -0.1) is 0 Å². The summed E-state index contributed by atoms with van der Waals surface area (Å²) >= 11 is 15.7. The van der Waals surface area contributed by atoms with Gasteiger partial charge in [0, 0.05) is 5.54 Å². The molecule has 1 aromatic rings. The molecular formula is C14H18BrClN2O2S2. The Hall–Kier alpha value is -0.370. The van der Waals surface area contributed by atoms with Crippen molar-refractivity contribution in [1.29, 1.82) is 0 Å². The maximum Gasteiger partial charge on any atom is 0.238 e. The third-order valence-electron chi connectivity index (χ3n) is 2.53. The Morgan fingerprint density at radius 3 is 2.64 bits per heavy atom. The molecule has 0 aromatic carbocycles. The van der Waals surface area contributed by atoms with E-state index >= 15 is 0 Å². The number of hydrogen-bond donors (Lipinski definition) is 0. The summed E-state index contributed by atoms with van der Waals surface area (Å²) in [6.07, 6.45) is 0. The maximum absolute atomic E-state index is 12.6. The number of halogens is 2. The fraction of sp³-hybridized carbons (Fsp3) is 0.500. The number of amides is 1. The fourth-order valence-corrected chi connectivity index (χ4v) is 3.30. The Balaban J connectivity index is 2.99. The average Bonchev–Trinajstić information content (AvgIpc) is 2.38. The van der Waals surface area contributed by atoms with E-state index in [1.54, 1.807) is 17.0 Å². The van der Waals surface area contributed by atoms with Crippen LogP contribution in [-0.4, -0.2) is 33.2 Å². The van der Waals surface area contributed by atoms with Crippen LogP contribution in [0.3, 0.4) is 0 Å². The van der Waals surface area contributed by atoms with Gasteiger partial charge < -0.3 is 9.64 Å². The predicted octanol–water partition coefficient (Wildman–Crippen LogP) is 4.68. The lowest BCUT2D eigenvalue weighted by Crippen LogP contribution is -2.47. The van der Waals surface area contributed by atoms with Crippen molar-refractivity contribution in [3.63, 3.8) is 0 Å². The quantitative estimate of drug-likeness (QED) is 0.517. The van der Waals surface area contributed by atoms with E-state index in [2.05, 4.69) is 20.9 Å². The normalized spacial score (nSPS) is 11.2. The van der Waals surface area contributed by atoms with Crippen molar-refractivity contribution in [1.82, 2.24) is 4.98 Å². The molecule has 0 radical (unpaired) electrons. The minimum atomic E-state index is -0.440. The summed E-state index contributed by atoms with van der Waals surface area (Å²) in [6.45, 7) is 8.16. The summed E-state index contributed by atoms with van der Waals surface area (Å²) in [5.41, 5.74) is 0.134. The highest BCUT2D eigenvalue weighted by atomic mass is 79.9. The van der Waals surface area contributed by atoms with Gasteiger partial charge in [0.25, 0.3) is 0 Å². The summed E-state index contributed by atoms with van der Waals surface area (Å²) in [5.74, 6) is 0.0771. The fourth-order valence-electron chi connectivity index (χ4n) is 1.79. The molecule has 8 heteroatoms. The van der Waals surface area contributed by atoms with E-state index in [0.717, 1.165) is 0 Å². The molecule has 0 spiro atoms. The number of thioether (sulfide) groups is 1. The van der Waals surface area contributed by atoms with Gasteiger partial charge in [0.05, 0.1) is 18.0 Å². The monoisotopic (exact) mass is 424 g/mol. The van der Waals surface area contributed by atoms with Gasteiger partial charge in [-0.2, -0.15) is 0 Å². The molecule has 1 heterocycles. The molecule has 0 aliphatic heterocycles. The molecule has 4 nitrogen and oxygen atoms in total. The van der Waals surface area contributed by atoms with Gasteiger partial charge >= 0.3 is 0 Å². The second-order valence-corrected chi connectivity index (χ2v) is 8.06. The van der Waals surface area contributed by atoms with Crippen LogP contribution in [0.5, 0.6) is 0 Å². The highest BCUT2D eigenvalue weighted by molar-refractivity contribution is 9.10. The van der Waals surface area contributed by atoms with E-state index in [9.17, 15) is 4.79 Å². The molecule has 0 unspecified atom stereocenters. The summed E-state index contributed by atoms with van der Waals surface area (Å²) in [5, 5.41) is 0.273. The minimum absolute atomic E-state index is 0.106. The number of rotatable bonds is 4.